The molecule has 6 heteroatoms. The average molecular weight is 225 g/mol. The lowest BCUT2D eigenvalue weighted by molar-refractivity contribution is -0.140. The van der Waals surface area contributed by atoms with Gasteiger partial charge in [-0.25, -0.2) is 0 Å². The Morgan fingerprint density at radius 1 is 1.56 bits per heavy atom. The van der Waals surface area contributed by atoms with Crippen molar-refractivity contribution < 1.29 is 14.3 Å². The molecule has 0 saturated carbocycles. The number of ether oxygens (including phenoxy) is 1. The highest BCUT2D eigenvalue weighted by Gasteiger charge is 2.12. The molecule has 1 aromatic heterocycles. The Balaban J connectivity index is 2.33. The number of hydrogen-bond acceptors (Lipinski definition) is 4. The summed E-state index contributed by atoms with van der Waals surface area (Å²) in [5, 5.41) is 6.30. The van der Waals surface area contributed by atoms with Crippen LogP contribution in [0.25, 0.3) is 0 Å². The van der Waals surface area contributed by atoms with Gasteiger partial charge in [0, 0.05) is 26.2 Å². The Morgan fingerprint density at radius 2 is 2.31 bits per heavy atom. The summed E-state index contributed by atoms with van der Waals surface area (Å²) in [6, 6.07) is 1.61. The van der Waals surface area contributed by atoms with Crippen LogP contribution in [0.15, 0.2) is 12.3 Å². The maximum atomic E-state index is 11.7. The van der Waals surface area contributed by atoms with E-state index < -0.39 is 0 Å². The lowest BCUT2D eigenvalue weighted by Gasteiger charge is -2.15. The van der Waals surface area contributed by atoms with Gasteiger partial charge in [-0.1, -0.05) is 0 Å². The van der Waals surface area contributed by atoms with E-state index in [4.69, 9.17) is 0 Å². The van der Waals surface area contributed by atoms with E-state index in [1.165, 1.54) is 18.2 Å². The summed E-state index contributed by atoms with van der Waals surface area (Å²) in [7, 11) is 3.03. The molecule has 88 valence electrons. The van der Waals surface area contributed by atoms with Crippen molar-refractivity contribution in [3.63, 3.8) is 0 Å². The highest BCUT2D eigenvalue weighted by atomic mass is 16.5. The summed E-state index contributed by atoms with van der Waals surface area (Å²) in [6.07, 6.45) is 2.43. The molecule has 0 spiro atoms. The van der Waals surface area contributed by atoms with Crippen LogP contribution >= 0.6 is 0 Å². The third kappa shape index (κ3) is 3.38. The third-order valence-electron chi connectivity index (χ3n) is 2.18. The normalized spacial score (nSPS) is 9.88. The van der Waals surface area contributed by atoms with Crippen molar-refractivity contribution in [1.82, 2.24) is 15.1 Å². The average Bonchev–Trinajstić information content (AvgIpc) is 2.81. The lowest BCUT2D eigenvalue weighted by atomic mass is 10.3. The number of H-pyrrole nitrogens is 1. The minimum absolute atomic E-state index is 0.137. The number of carbonyl (C=O) groups excluding carboxylic acids is 2. The maximum absolute atomic E-state index is 11.7. The molecule has 0 fully saturated rings. The first-order valence-electron chi connectivity index (χ1n) is 4.97. The van der Waals surface area contributed by atoms with Crippen LogP contribution in [0, 0.1) is 0 Å². The van der Waals surface area contributed by atoms with E-state index >= 15 is 0 Å². The number of nitrogens with zero attached hydrogens (tertiary/aromatic N) is 2. The highest BCUT2D eigenvalue weighted by Crippen LogP contribution is 2.01. The third-order valence-corrected chi connectivity index (χ3v) is 2.18. The second-order valence-electron chi connectivity index (χ2n) is 3.38. The van der Waals surface area contributed by atoms with Crippen LogP contribution in [0.2, 0.25) is 0 Å². The van der Waals surface area contributed by atoms with E-state index in [0.29, 0.717) is 25.1 Å². The Morgan fingerprint density at radius 3 is 2.88 bits per heavy atom. The van der Waals surface area contributed by atoms with E-state index in [1.807, 2.05) is 0 Å². The minimum Gasteiger partial charge on any atom is -0.469 e. The molecule has 0 bridgehead atoms. The van der Waals surface area contributed by atoms with Crippen LogP contribution < -0.4 is 0 Å². The second-order valence-corrected chi connectivity index (χ2v) is 3.38. The van der Waals surface area contributed by atoms with Gasteiger partial charge in [0.05, 0.1) is 7.11 Å². The zero-order valence-electron chi connectivity index (χ0n) is 9.40. The summed E-state index contributed by atoms with van der Waals surface area (Å²) in [4.78, 5) is 24.1. The van der Waals surface area contributed by atoms with Gasteiger partial charge >= 0.3 is 5.97 Å². The number of aromatic nitrogens is 2. The van der Waals surface area contributed by atoms with Crippen LogP contribution in [0.5, 0.6) is 0 Å². The van der Waals surface area contributed by atoms with E-state index in [-0.39, 0.29) is 11.9 Å². The summed E-state index contributed by atoms with van der Waals surface area (Å²) in [6.45, 7) is 0.507. The number of esters is 1. The van der Waals surface area contributed by atoms with Crippen molar-refractivity contribution in [3.05, 3.63) is 18.0 Å². The van der Waals surface area contributed by atoms with Crippen molar-refractivity contribution in [3.8, 4) is 0 Å². The van der Waals surface area contributed by atoms with Crippen LogP contribution in [-0.4, -0.2) is 47.7 Å². The Kier molecular flexibility index (Phi) is 4.50. The first kappa shape index (κ1) is 12.2. The smallest absolute Gasteiger partial charge is 0.305 e. The molecule has 1 heterocycles. The number of hydrogen-bond donors (Lipinski definition) is 1. The number of nitrogens with one attached hydrogen (secondary N) is 1. The van der Waals surface area contributed by atoms with Gasteiger partial charge in [-0.2, -0.15) is 5.10 Å². The maximum Gasteiger partial charge on any atom is 0.305 e. The molecule has 16 heavy (non-hydrogen) atoms. The quantitative estimate of drug-likeness (QED) is 0.737. The summed E-state index contributed by atoms with van der Waals surface area (Å²) in [5.74, 6) is -0.398. The fraction of sp³-hybridized carbons (Fsp3) is 0.500. The second kappa shape index (κ2) is 5.89. The summed E-state index contributed by atoms with van der Waals surface area (Å²) >= 11 is 0. The van der Waals surface area contributed by atoms with Gasteiger partial charge < -0.3 is 9.64 Å². The largest absolute Gasteiger partial charge is 0.469 e. The summed E-state index contributed by atoms with van der Waals surface area (Å²) < 4.78 is 4.51. The molecule has 0 aliphatic rings. The molecule has 6 nitrogen and oxygen atoms in total. The number of rotatable bonds is 5. The lowest BCUT2D eigenvalue weighted by Crippen LogP contribution is -2.28. The molecule has 0 aliphatic heterocycles. The molecular formula is C10H15N3O3. The number of amides is 1. The van der Waals surface area contributed by atoms with Gasteiger partial charge in [0.15, 0.2) is 0 Å². The van der Waals surface area contributed by atoms with E-state index in [2.05, 4.69) is 14.9 Å². The minimum atomic E-state index is -0.262. The predicted molar refractivity (Wildman–Crippen MR) is 56.8 cm³/mol. The van der Waals surface area contributed by atoms with E-state index in [0.717, 1.165) is 0 Å². The molecule has 1 amide bonds. The standard InChI is InChI=1S/C10H15N3O3/c1-13(7-3-4-9(14)16-2)10(15)8-5-6-11-12-8/h5-6H,3-4,7H2,1-2H3,(H,11,12). The van der Waals surface area contributed by atoms with Gasteiger partial charge in [0.25, 0.3) is 5.91 Å². The fourth-order valence-corrected chi connectivity index (χ4v) is 1.24. The number of methoxy groups -OCH3 is 1. The molecule has 0 aliphatic carbocycles. The Bertz CT molecular complexity index is 348. The van der Waals surface area contributed by atoms with Gasteiger partial charge in [-0.05, 0) is 12.5 Å². The monoisotopic (exact) mass is 225 g/mol. The summed E-state index contributed by atoms with van der Waals surface area (Å²) in [5.41, 5.74) is 0.445. The molecule has 1 N–H and O–H groups in total. The van der Waals surface area contributed by atoms with Crippen LogP contribution in [0.1, 0.15) is 23.3 Å². The number of carbonyl (C=O) groups is 2. The van der Waals surface area contributed by atoms with Gasteiger partial charge in [-0.3, -0.25) is 14.7 Å². The van der Waals surface area contributed by atoms with Crippen molar-refractivity contribution in [2.24, 2.45) is 0 Å². The highest BCUT2D eigenvalue weighted by molar-refractivity contribution is 5.91. The fourth-order valence-electron chi connectivity index (χ4n) is 1.24. The first-order chi connectivity index (χ1) is 7.65. The van der Waals surface area contributed by atoms with E-state index in [9.17, 15) is 9.59 Å². The predicted octanol–water partition coefficient (Wildman–Crippen LogP) is 0.435. The molecule has 0 radical (unpaired) electrons. The van der Waals surface area contributed by atoms with E-state index in [1.54, 1.807) is 13.1 Å². The van der Waals surface area contributed by atoms with Crippen LogP contribution in [-0.2, 0) is 9.53 Å². The van der Waals surface area contributed by atoms with Gasteiger partial charge in [0.2, 0.25) is 0 Å². The molecule has 0 atom stereocenters. The molecule has 0 aromatic carbocycles. The molecule has 0 saturated heterocycles. The zero-order valence-corrected chi connectivity index (χ0v) is 9.40. The van der Waals surface area contributed by atoms with Crippen molar-refractivity contribution in [2.45, 2.75) is 12.8 Å². The van der Waals surface area contributed by atoms with Crippen LogP contribution in [0.3, 0.4) is 0 Å². The Labute approximate surface area is 93.6 Å². The number of aromatic amines is 1. The van der Waals surface area contributed by atoms with Gasteiger partial charge in [0.1, 0.15) is 5.69 Å². The molecule has 1 aromatic rings. The molecular weight excluding hydrogens is 210 g/mol. The Hall–Kier alpha value is -1.85. The topological polar surface area (TPSA) is 75.3 Å². The van der Waals surface area contributed by atoms with Crippen LogP contribution in [0.4, 0.5) is 0 Å². The zero-order chi connectivity index (χ0) is 12.0. The first-order valence-corrected chi connectivity index (χ1v) is 4.97. The molecule has 1 rings (SSSR count). The van der Waals surface area contributed by atoms with Crippen molar-refractivity contribution in [2.75, 3.05) is 20.7 Å². The SMILES string of the molecule is COC(=O)CCCN(C)C(=O)c1ccn[nH]1. The molecule has 0 unspecified atom stereocenters. The van der Waals surface area contributed by atoms with Crippen molar-refractivity contribution in [1.29, 1.82) is 0 Å². The van der Waals surface area contributed by atoms with Gasteiger partial charge in [-0.15, -0.1) is 0 Å². The van der Waals surface area contributed by atoms with Crippen molar-refractivity contribution >= 4 is 11.9 Å².